The van der Waals surface area contributed by atoms with Crippen molar-refractivity contribution in [2.24, 2.45) is 7.05 Å². The normalized spacial score (nSPS) is 18.7. The van der Waals surface area contributed by atoms with Gasteiger partial charge in [-0.05, 0) is 38.3 Å². The van der Waals surface area contributed by atoms with Crippen LogP contribution in [0.15, 0.2) is 17.5 Å². The number of rotatable bonds is 5. The Bertz CT molecular complexity index is 1140. The van der Waals surface area contributed by atoms with E-state index >= 15 is 0 Å². The van der Waals surface area contributed by atoms with E-state index in [1.54, 1.807) is 18.5 Å². The number of carboxylic acid groups (broad SMARTS) is 1. The lowest BCUT2D eigenvalue weighted by molar-refractivity contribution is -0.141. The highest BCUT2D eigenvalue weighted by atomic mass is 32.1. The molecule has 0 spiro atoms. The van der Waals surface area contributed by atoms with Crippen LogP contribution >= 0.6 is 11.3 Å². The monoisotopic (exact) mass is 445 g/mol. The highest BCUT2D eigenvalue weighted by molar-refractivity contribution is 7.17. The van der Waals surface area contributed by atoms with Crippen LogP contribution in [-0.2, 0) is 16.6 Å². The molecule has 31 heavy (non-hydrogen) atoms. The minimum absolute atomic E-state index is 0.0968. The van der Waals surface area contributed by atoms with E-state index in [1.807, 2.05) is 31.5 Å². The van der Waals surface area contributed by atoms with Gasteiger partial charge in [0, 0.05) is 13.5 Å². The second-order valence-corrected chi connectivity index (χ2v) is 8.61. The molecule has 1 saturated heterocycles. The lowest BCUT2D eigenvalue weighted by atomic mass is 10.2. The Balaban J connectivity index is 1.64. The first-order chi connectivity index (χ1) is 14.7. The number of carbonyl (C=O) groups is 2. The maximum atomic E-state index is 12.4. The predicted octanol–water partition coefficient (Wildman–Crippen LogP) is 2.85. The summed E-state index contributed by atoms with van der Waals surface area (Å²) >= 11 is 1.44. The predicted molar refractivity (Wildman–Crippen MR) is 113 cm³/mol. The molecule has 1 aliphatic heterocycles. The lowest BCUT2D eigenvalue weighted by Gasteiger charge is -2.21. The minimum Gasteiger partial charge on any atom is -0.480 e. The van der Waals surface area contributed by atoms with Gasteiger partial charge >= 0.3 is 12.1 Å². The Morgan fingerprint density at radius 1 is 1.32 bits per heavy atom. The number of carbonyl (C=O) groups excluding carboxylic acids is 1. The second-order valence-electron chi connectivity index (χ2n) is 7.70. The van der Waals surface area contributed by atoms with Crippen molar-refractivity contribution in [3.63, 3.8) is 0 Å². The molecule has 3 aromatic rings. The summed E-state index contributed by atoms with van der Waals surface area (Å²) in [5.74, 6) is -0.267. The molecule has 0 aliphatic carbocycles. The third kappa shape index (κ3) is 4.18. The van der Waals surface area contributed by atoms with Crippen LogP contribution in [0.25, 0.3) is 21.7 Å². The topological polar surface area (TPSA) is 120 Å². The third-order valence-corrected chi connectivity index (χ3v) is 5.79. The number of aryl methyl sites for hydroxylation is 2. The van der Waals surface area contributed by atoms with Gasteiger partial charge < -0.3 is 14.6 Å². The molecule has 0 radical (unpaired) electrons. The Hall–Kier alpha value is -3.21. The van der Waals surface area contributed by atoms with Crippen LogP contribution in [0.4, 0.5) is 4.79 Å². The molecule has 0 saturated carbocycles. The summed E-state index contributed by atoms with van der Waals surface area (Å²) in [5, 5.41) is 15.8. The largest absolute Gasteiger partial charge is 0.480 e. The van der Waals surface area contributed by atoms with Crippen LogP contribution < -0.4 is 4.74 Å². The lowest BCUT2D eigenvalue weighted by Crippen LogP contribution is -2.41. The summed E-state index contributed by atoms with van der Waals surface area (Å²) in [6.07, 6.45) is -1.41. The second kappa shape index (κ2) is 8.14. The first-order valence-corrected chi connectivity index (χ1v) is 10.7. The van der Waals surface area contributed by atoms with Gasteiger partial charge in [-0.3, -0.25) is 9.58 Å². The van der Waals surface area contributed by atoms with E-state index in [0.29, 0.717) is 11.7 Å². The van der Waals surface area contributed by atoms with Crippen molar-refractivity contribution in [2.45, 2.75) is 45.4 Å². The van der Waals surface area contributed by atoms with Gasteiger partial charge in [0.25, 0.3) is 0 Å². The molecule has 4 rings (SSSR count). The highest BCUT2D eigenvalue weighted by Gasteiger charge is 2.42. The van der Waals surface area contributed by atoms with Crippen LogP contribution in [-0.4, -0.2) is 66.6 Å². The van der Waals surface area contributed by atoms with Crippen molar-refractivity contribution < 1.29 is 24.2 Å². The fourth-order valence-corrected chi connectivity index (χ4v) is 4.36. The van der Waals surface area contributed by atoms with E-state index in [1.165, 1.54) is 16.2 Å². The van der Waals surface area contributed by atoms with Crippen molar-refractivity contribution in [3.8, 4) is 17.4 Å². The number of ether oxygens (including phenoxy) is 2. The van der Waals surface area contributed by atoms with E-state index in [0.717, 1.165) is 21.6 Å². The van der Waals surface area contributed by atoms with Gasteiger partial charge in [-0.2, -0.15) is 10.1 Å². The molecular weight excluding hydrogens is 422 g/mol. The summed E-state index contributed by atoms with van der Waals surface area (Å²) in [6.45, 7) is 5.42. The SMILES string of the molecule is Cc1cc(-c2nc(O[C@@H]3C[C@@H](C(=O)O)N(C(=O)OC(C)C)C3)c3sccc3n2)n(C)n1. The van der Waals surface area contributed by atoms with Gasteiger partial charge in [0.15, 0.2) is 5.82 Å². The molecule has 2 atom stereocenters. The minimum atomic E-state index is -1.10. The molecule has 0 unspecified atom stereocenters. The van der Waals surface area contributed by atoms with Crippen molar-refractivity contribution in [1.29, 1.82) is 0 Å². The molecule has 164 valence electrons. The molecule has 0 aromatic carbocycles. The van der Waals surface area contributed by atoms with E-state index < -0.39 is 24.2 Å². The van der Waals surface area contributed by atoms with Gasteiger partial charge in [-0.1, -0.05) is 0 Å². The van der Waals surface area contributed by atoms with Gasteiger partial charge in [0.1, 0.15) is 22.5 Å². The Kier molecular flexibility index (Phi) is 5.52. The molecular formula is C20H23N5O5S. The van der Waals surface area contributed by atoms with Crippen LogP contribution in [0.2, 0.25) is 0 Å². The summed E-state index contributed by atoms with van der Waals surface area (Å²) in [4.78, 5) is 34.5. The molecule has 10 nitrogen and oxygen atoms in total. The number of thiophene rings is 1. The number of nitrogens with zero attached hydrogens (tertiary/aromatic N) is 5. The van der Waals surface area contributed by atoms with Crippen LogP contribution in [0.1, 0.15) is 26.0 Å². The zero-order valence-electron chi connectivity index (χ0n) is 17.6. The average molecular weight is 446 g/mol. The molecule has 1 N–H and O–H groups in total. The Labute approximate surface area is 182 Å². The van der Waals surface area contributed by atoms with Gasteiger partial charge in [-0.25, -0.2) is 14.6 Å². The molecule has 11 heteroatoms. The molecule has 1 aliphatic rings. The summed E-state index contributed by atoms with van der Waals surface area (Å²) in [5.41, 5.74) is 2.31. The van der Waals surface area contributed by atoms with Gasteiger partial charge in [0.05, 0.1) is 23.9 Å². The zero-order chi connectivity index (χ0) is 22.3. The summed E-state index contributed by atoms with van der Waals surface area (Å²) in [6, 6.07) is 2.75. The number of hydrogen-bond acceptors (Lipinski definition) is 8. The maximum absolute atomic E-state index is 12.4. The molecule has 1 fully saturated rings. The Morgan fingerprint density at radius 2 is 2.10 bits per heavy atom. The van der Waals surface area contributed by atoms with Crippen molar-refractivity contribution in [3.05, 3.63) is 23.2 Å². The average Bonchev–Trinajstić information content (AvgIpc) is 3.39. The van der Waals surface area contributed by atoms with Gasteiger partial charge in [-0.15, -0.1) is 11.3 Å². The standard InChI is InChI=1S/C20H23N5O5S/c1-10(2)29-20(28)25-9-12(8-15(25)19(26)27)30-18-16-13(5-6-31-16)21-17(22-18)14-7-11(3)23-24(14)4/h5-7,10,12,15H,8-9H2,1-4H3,(H,26,27)/t12-,15+/m1/s1. The van der Waals surface area contributed by atoms with E-state index in [4.69, 9.17) is 9.47 Å². The summed E-state index contributed by atoms with van der Waals surface area (Å²) in [7, 11) is 1.82. The number of likely N-dealkylation sites (tertiary alicyclic amines) is 1. The maximum Gasteiger partial charge on any atom is 0.410 e. The highest BCUT2D eigenvalue weighted by Crippen LogP contribution is 2.33. The Morgan fingerprint density at radius 3 is 2.74 bits per heavy atom. The zero-order valence-corrected chi connectivity index (χ0v) is 18.4. The van der Waals surface area contributed by atoms with Crippen LogP contribution in [0.3, 0.4) is 0 Å². The number of aromatic nitrogens is 4. The molecule has 4 heterocycles. The summed E-state index contributed by atoms with van der Waals surface area (Å²) < 4.78 is 13.8. The van der Waals surface area contributed by atoms with Crippen LogP contribution in [0.5, 0.6) is 5.88 Å². The van der Waals surface area contributed by atoms with E-state index in [-0.39, 0.29) is 19.1 Å². The molecule has 3 aromatic heterocycles. The van der Waals surface area contributed by atoms with Crippen molar-refractivity contribution in [2.75, 3.05) is 6.54 Å². The number of carboxylic acids is 1. The first kappa shape index (κ1) is 21.0. The van der Waals surface area contributed by atoms with Gasteiger partial charge in [0.2, 0.25) is 5.88 Å². The fourth-order valence-electron chi connectivity index (χ4n) is 3.60. The smallest absolute Gasteiger partial charge is 0.410 e. The molecule has 0 bridgehead atoms. The number of aliphatic carboxylic acids is 1. The quantitative estimate of drug-likeness (QED) is 0.637. The van der Waals surface area contributed by atoms with E-state index in [2.05, 4.69) is 15.1 Å². The number of fused-ring (bicyclic) bond motifs is 1. The fraction of sp³-hybridized carbons (Fsp3) is 0.450. The van der Waals surface area contributed by atoms with Crippen molar-refractivity contribution in [1.82, 2.24) is 24.6 Å². The number of amides is 1. The third-order valence-electron chi connectivity index (χ3n) is 4.90. The first-order valence-electron chi connectivity index (χ1n) is 9.86. The number of hydrogen-bond donors (Lipinski definition) is 1. The molecule has 1 amide bonds. The van der Waals surface area contributed by atoms with Crippen LogP contribution in [0, 0.1) is 6.92 Å². The van der Waals surface area contributed by atoms with E-state index in [9.17, 15) is 14.7 Å². The van der Waals surface area contributed by atoms with Crippen molar-refractivity contribution >= 4 is 33.6 Å².